The summed E-state index contributed by atoms with van der Waals surface area (Å²) in [5.74, 6) is -1.17. The third kappa shape index (κ3) is 3.31. The molecule has 5 heteroatoms. The van der Waals surface area contributed by atoms with Crippen molar-refractivity contribution in [3.8, 4) is 0 Å². The van der Waals surface area contributed by atoms with Crippen LogP contribution in [0.3, 0.4) is 0 Å². The first kappa shape index (κ1) is 15.3. The second-order valence-corrected chi connectivity index (χ2v) is 5.14. The predicted molar refractivity (Wildman–Crippen MR) is 77.5 cm³/mol. The Morgan fingerprint density at radius 3 is 2.81 bits per heavy atom. The third-order valence-corrected chi connectivity index (χ3v) is 3.66. The first-order valence-electron chi connectivity index (χ1n) is 6.89. The summed E-state index contributed by atoms with van der Waals surface area (Å²) in [6.45, 7) is 5.21. The summed E-state index contributed by atoms with van der Waals surface area (Å²) in [6, 6.07) is 9.25. The zero-order valence-electron chi connectivity index (χ0n) is 11.9. The molecule has 1 saturated heterocycles. The van der Waals surface area contributed by atoms with Crippen molar-refractivity contribution in [2.24, 2.45) is 5.92 Å². The lowest BCUT2D eigenvalue weighted by atomic mass is 10.0. The SMILES string of the molecule is C=C[C@H](O)[C@@H](C)C(=O)N1C(=O)OC[C@H]1Cc1ccccc1. The van der Waals surface area contributed by atoms with Crippen LogP contribution >= 0.6 is 0 Å². The Morgan fingerprint density at radius 1 is 1.52 bits per heavy atom. The number of hydrogen-bond acceptors (Lipinski definition) is 4. The van der Waals surface area contributed by atoms with Crippen LogP contribution in [0.15, 0.2) is 43.0 Å². The number of imide groups is 1. The average Bonchev–Trinajstić information content (AvgIpc) is 2.86. The lowest BCUT2D eigenvalue weighted by Crippen LogP contribution is -2.45. The van der Waals surface area contributed by atoms with Crippen LogP contribution < -0.4 is 0 Å². The quantitative estimate of drug-likeness (QED) is 0.839. The molecule has 0 radical (unpaired) electrons. The zero-order valence-corrected chi connectivity index (χ0v) is 11.9. The molecule has 112 valence electrons. The van der Waals surface area contributed by atoms with Gasteiger partial charge in [-0.3, -0.25) is 4.79 Å². The summed E-state index contributed by atoms with van der Waals surface area (Å²) < 4.78 is 4.99. The van der Waals surface area contributed by atoms with Crippen molar-refractivity contribution in [1.29, 1.82) is 0 Å². The summed E-state index contributed by atoms with van der Waals surface area (Å²) in [4.78, 5) is 25.3. The smallest absolute Gasteiger partial charge is 0.416 e. The molecule has 2 rings (SSSR count). The maximum absolute atomic E-state index is 12.4. The zero-order chi connectivity index (χ0) is 15.4. The van der Waals surface area contributed by atoms with Gasteiger partial charge >= 0.3 is 6.09 Å². The van der Waals surface area contributed by atoms with Gasteiger partial charge in [0.25, 0.3) is 0 Å². The van der Waals surface area contributed by atoms with Crippen molar-refractivity contribution in [2.75, 3.05) is 6.61 Å². The van der Waals surface area contributed by atoms with E-state index in [0.717, 1.165) is 10.5 Å². The molecule has 0 spiro atoms. The molecule has 0 saturated carbocycles. The van der Waals surface area contributed by atoms with Crippen LogP contribution in [0, 0.1) is 5.92 Å². The average molecular weight is 289 g/mol. The number of benzene rings is 1. The van der Waals surface area contributed by atoms with Crippen molar-refractivity contribution in [2.45, 2.75) is 25.5 Å². The molecule has 21 heavy (non-hydrogen) atoms. The lowest BCUT2D eigenvalue weighted by Gasteiger charge is -2.24. The van der Waals surface area contributed by atoms with Gasteiger partial charge in [-0.15, -0.1) is 6.58 Å². The number of rotatable bonds is 5. The van der Waals surface area contributed by atoms with Gasteiger partial charge < -0.3 is 9.84 Å². The molecule has 5 nitrogen and oxygen atoms in total. The Hall–Kier alpha value is -2.14. The van der Waals surface area contributed by atoms with Crippen molar-refractivity contribution < 1.29 is 19.4 Å². The van der Waals surface area contributed by atoms with Gasteiger partial charge in [0.2, 0.25) is 5.91 Å². The minimum absolute atomic E-state index is 0.177. The molecule has 1 aliphatic heterocycles. The molecule has 0 aromatic heterocycles. The molecule has 1 aromatic rings. The van der Waals surface area contributed by atoms with Crippen LogP contribution in [-0.2, 0) is 16.0 Å². The Kier molecular flexibility index (Phi) is 4.75. The van der Waals surface area contributed by atoms with Crippen LogP contribution in [-0.4, -0.2) is 40.8 Å². The normalized spacial score (nSPS) is 20.8. The Bertz CT molecular complexity index is 528. The third-order valence-electron chi connectivity index (χ3n) is 3.66. The minimum Gasteiger partial charge on any atom is -0.447 e. The van der Waals surface area contributed by atoms with E-state index < -0.39 is 24.0 Å². The number of ether oxygens (including phenoxy) is 1. The molecule has 0 bridgehead atoms. The fourth-order valence-corrected chi connectivity index (χ4v) is 2.34. The van der Waals surface area contributed by atoms with Crippen molar-refractivity contribution >= 4 is 12.0 Å². The maximum atomic E-state index is 12.4. The van der Waals surface area contributed by atoms with Crippen LogP contribution in [0.2, 0.25) is 0 Å². The van der Waals surface area contributed by atoms with E-state index in [1.807, 2.05) is 30.3 Å². The molecular formula is C16H19NO4. The van der Waals surface area contributed by atoms with Crippen molar-refractivity contribution in [3.63, 3.8) is 0 Å². The van der Waals surface area contributed by atoms with E-state index in [9.17, 15) is 14.7 Å². The number of amides is 2. The van der Waals surface area contributed by atoms with Crippen LogP contribution in [0.5, 0.6) is 0 Å². The monoisotopic (exact) mass is 289 g/mol. The van der Waals surface area contributed by atoms with Gasteiger partial charge in [0, 0.05) is 0 Å². The number of hydrogen-bond donors (Lipinski definition) is 1. The number of nitrogens with zero attached hydrogens (tertiary/aromatic N) is 1. The number of aliphatic hydroxyl groups excluding tert-OH is 1. The molecule has 3 atom stereocenters. The number of cyclic esters (lactones) is 1. The molecule has 0 aliphatic carbocycles. The number of aliphatic hydroxyl groups is 1. The molecule has 1 heterocycles. The second kappa shape index (κ2) is 6.54. The van der Waals surface area contributed by atoms with E-state index in [1.54, 1.807) is 6.92 Å². The van der Waals surface area contributed by atoms with Gasteiger partial charge in [-0.2, -0.15) is 0 Å². The van der Waals surface area contributed by atoms with Gasteiger partial charge in [0.15, 0.2) is 0 Å². The standard InChI is InChI=1S/C16H19NO4/c1-3-14(18)11(2)15(19)17-13(10-21-16(17)20)9-12-7-5-4-6-8-12/h3-8,11,13-14,18H,1,9-10H2,2H3/t11-,13-,14+/m1/s1. The number of carbonyl (C=O) groups is 2. The molecular weight excluding hydrogens is 270 g/mol. The molecule has 1 N–H and O–H groups in total. The summed E-state index contributed by atoms with van der Waals surface area (Å²) in [6.07, 6.45) is 0.193. The van der Waals surface area contributed by atoms with Crippen LogP contribution in [0.25, 0.3) is 0 Å². The van der Waals surface area contributed by atoms with Crippen molar-refractivity contribution in [3.05, 3.63) is 48.6 Å². The van der Waals surface area contributed by atoms with Gasteiger partial charge in [-0.25, -0.2) is 9.69 Å². The minimum atomic E-state index is -0.983. The van der Waals surface area contributed by atoms with E-state index >= 15 is 0 Å². The molecule has 1 aromatic carbocycles. The van der Waals surface area contributed by atoms with Crippen molar-refractivity contribution in [1.82, 2.24) is 4.90 Å². The highest BCUT2D eigenvalue weighted by Gasteiger charge is 2.40. The fraction of sp³-hybridized carbons (Fsp3) is 0.375. The first-order chi connectivity index (χ1) is 10.0. The van der Waals surface area contributed by atoms with E-state index in [-0.39, 0.29) is 12.6 Å². The van der Waals surface area contributed by atoms with E-state index in [0.29, 0.717) is 6.42 Å². The van der Waals surface area contributed by atoms with Gasteiger partial charge in [-0.05, 0) is 12.0 Å². The Morgan fingerprint density at radius 2 is 2.19 bits per heavy atom. The Balaban J connectivity index is 2.13. The highest BCUT2D eigenvalue weighted by Crippen LogP contribution is 2.21. The summed E-state index contributed by atoms with van der Waals surface area (Å²) in [5, 5.41) is 9.70. The molecule has 2 amide bonds. The van der Waals surface area contributed by atoms with E-state index in [2.05, 4.69) is 6.58 Å². The molecule has 1 aliphatic rings. The summed E-state index contributed by atoms with van der Waals surface area (Å²) in [5.41, 5.74) is 1.02. The van der Waals surface area contributed by atoms with E-state index in [1.165, 1.54) is 6.08 Å². The van der Waals surface area contributed by atoms with Gasteiger partial charge in [0.05, 0.1) is 18.1 Å². The van der Waals surface area contributed by atoms with Gasteiger partial charge in [0.1, 0.15) is 6.61 Å². The molecule has 1 fully saturated rings. The second-order valence-electron chi connectivity index (χ2n) is 5.14. The highest BCUT2D eigenvalue weighted by molar-refractivity contribution is 5.95. The molecule has 0 unspecified atom stereocenters. The summed E-state index contributed by atoms with van der Waals surface area (Å²) in [7, 11) is 0. The predicted octanol–water partition coefficient (Wildman–Crippen LogP) is 1.76. The maximum Gasteiger partial charge on any atom is 0.416 e. The fourth-order valence-electron chi connectivity index (χ4n) is 2.34. The number of carbonyl (C=O) groups excluding carboxylic acids is 2. The van der Waals surface area contributed by atoms with Crippen LogP contribution in [0.4, 0.5) is 4.79 Å². The lowest BCUT2D eigenvalue weighted by molar-refractivity contribution is -0.135. The largest absolute Gasteiger partial charge is 0.447 e. The first-order valence-corrected chi connectivity index (χ1v) is 6.89. The Labute approximate surface area is 123 Å². The summed E-state index contributed by atoms with van der Waals surface area (Å²) >= 11 is 0. The van der Waals surface area contributed by atoms with Crippen LogP contribution in [0.1, 0.15) is 12.5 Å². The van der Waals surface area contributed by atoms with E-state index in [4.69, 9.17) is 4.74 Å². The topological polar surface area (TPSA) is 66.8 Å². The highest BCUT2D eigenvalue weighted by atomic mass is 16.6. The van der Waals surface area contributed by atoms with Gasteiger partial charge in [-0.1, -0.05) is 43.3 Å².